The van der Waals surface area contributed by atoms with Crippen LogP contribution in [0.15, 0.2) is 85.1 Å². The van der Waals surface area contributed by atoms with Crippen molar-refractivity contribution < 1.29 is 32.9 Å². The van der Waals surface area contributed by atoms with Crippen LogP contribution in [0.3, 0.4) is 0 Å². The number of phosphoric ester groups is 1. The molecule has 0 aliphatic carbocycles. The van der Waals surface area contributed by atoms with E-state index < -0.39 is 20.0 Å². The normalized spacial score (nSPS) is 14.4. The van der Waals surface area contributed by atoms with Crippen molar-refractivity contribution in [1.29, 1.82) is 0 Å². The standard InChI is InChI=1S/C66H121N2O6P/c1-6-8-10-12-14-16-18-20-22-23-24-25-26-27-28-29-30-31-32-33-34-35-36-37-38-39-40-41-42-43-44-45-46-48-50-52-54-56-58-60-66(70)67-64(63-74-75(71,72)73-62-61-68(3,4)5)65(69)59-57-55-53-51-49-47-21-19-17-15-13-11-9-7-2/h8,10,14,16-17,19-20,22,24-25,49,51,57,59,64-65,69H,6-7,9,11-13,15,18,21,23,26-48,50,52-56,58,60-63H2,1-5H3,(H-,67,70,71,72)/p+1/b10-8-,16-14-,19-17+,22-20-,25-24-,51-49+,59-57+. The number of hydrogen-bond acceptors (Lipinski definition) is 5. The molecule has 0 radical (unpaired) electrons. The lowest BCUT2D eigenvalue weighted by atomic mass is 10.0. The summed E-state index contributed by atoms with van der Waals surface area (Å²) in [4.78, 5) is 23.3. The number of hydrogen-bond donors (Lipinski definition) is 3. The van der Waals surface area contributed by atoms with Crippen LogP contribution >= 0.6 is 7.82 Å². The molecule has 0 saturated carbocycles. The maximum absolute atomic E-state index is 13.0. The molecule has 0 rings (SSSR count). The number of carbonyl (C=O) groups excluding carboxylic acids is 1. The van der Waals surface area contributed by atoms with Crippen molar-refractivity contribution in [3.63, 3.8) is 0 Å². The third kappa shape index (κ3) is 59.2. The molecular formula is C66H122N2O6P+. The molecule has 0 aliphatic rings. The molecule has 436 valence electrons. The van der Waals surface area contributed by atoms with Crippen molar-refractivity contribution in [1.82, 2.24) is 5.32 Å². The molecular weight excluding hydrogens is 948 g/mol. The second-order valence-corrected chi connectivity index (χ2v) is 23.8. The highest BCUT2D eigenvalue weighted by atomic mass is 31.2. The first-order chi connectivity index (χ1) is 36.5. The van der Waals surface area contributed by atoms with Crippen LogP contribution in [0.2, 0.25) is 0 Å². The summed E-state index contributed by atoms with van der Waals surface area (Å²) in [6, 6.07) is -0.870. The Labute approximate surface area is 465 Å². The van der Waals surface area contributed by atoms with Gasteiger partial charge in [-0.25, -0.2) is 4.57 Å². The molecule has 0 aliphatic heterocycles. The second kappa shape index (κ2) is 56.4. The van der Waals surface area contributed by atoms with E-state index in [2.05, 4.69) is 92.1 Å². The highest BCUT2D eigenvalue weighted by Gasteiger charge is 2.27. The molecule has 8 nitrogen and oxygen atoms in total. The van der Waals surface area contributed by atoms with Crippen LogP contribution in [0.1, 0.15) is 277 Å². The van der Waals surface area contributed by atoms with Gasteiger partial charge in [0.15, 0.2) is 0 Å². The number of amides is 1. The quantitative estimate of drug-likeness (QED) is 0.0243. The Morgan fingerprint density at radius 1 is 0.467 bits per heavy atom. The number of carbonyl (C=O) groups is 1. The van der Waals surface area contributed by atoms with Gasteiger partial charge in [0.25, 0.3) is 0 Å². The summed E-state index contributed by atoms with van der Waals surface area (Å²) in [5.41, 5.74) is 0. The zero-order chi connectivity index (χ0) is 54.9. The second-order valence-electron chi connectivity index (χ2n) is 22.4. The first-order valence-electron chi connectivity index (χ1n) is 31.5. The van der Waals surface area contributed by atoms with Crippen LogP contribution in [0.4, 0.5) is 0 Å². The summed E-state index contributed by atoms with van der Waals surface area (Å²) in [6.45, 7) is 4.66. The van der Waals surface area contributed by atoms with E-state index in [-0.39, 0.29) is 19.1 Å². The average molecular weight is 1070 g/mol. The van der Waals surface area contributed by atoms with E-state index in [0.29, 0.717) is 17.4 Å². The largest absolute Gasteiger partial charge is 0.472 e. The highest BCUT2D eigenvalue weighted by Crippen LogP contribution is 2.43. The van der Waals surface area contributed by atoms with Gasteiger partial charge in [0.05, 0.1) is 39.9 Å². The number of nitrogens with zero attached hydrogens (tertiary/aromatic N) is 1. The zero-order valence-corrected chi connectivity index (χ0v) is 50.7. The molecule has 0 saturated heterocycles. The zero-order valence-electron chi connectivity index (χ0n) is 49.8. The van der Waals surface area contributed by atoms with Gasteiger partial charge in [-0.2, -0.15) is 0 Å². The Balaban J connectivity index is 3.93. The Hall–Kier alpha value is -2.32. The Morgan fingerprint density at radius 3 is 1.23 bits per heavy atom. The molecule has 0 fully saturated rings. The van der Waals surface area contributed by atoms with E-state index >= 15 is 0 Å². The van der Waals surface area contributed by atoms with Crippen molar-refractivity contribution in [2.45, 2.75) is 289 Å². The van der Waals surface area contributed by atoms with Gasteiger partial charge in [0.2, 0.25) is 5.91 Å². The number of nitrogens with one attached hydrogen (secondary N) is 1. The molecule has 75 heavy (non-hydrogen) atoms. The van der Waals surface area contributed by atoms with E-state index in [4.69, 9.17) is 9.05 Å². The maximum Gasteiger partial charge on any atom is 0.472 e. The van der Waals surface area contributed by atoms with Crippen LogP contribution in [0, 0.1) is 0 Å². The highest BCUT2D eigenvalue weighted by molar-refractivity contribution is 7.47. The minimum Gasteiger partial charge on any atom is -0.387 e. The lowest BCUT2D eigenvalue weighted by molar-refractivity contribution is -0.870. The summed E-state index contributed by atoms with van der Waals surface area (Å²) >= 11 is 0. The Bertz CT molecular complexity index is 1500. The fourth-order valence-corrected chi connectivity index (χ4v) is 9.69. The number of unbranched alkanes of at least 4 members (excludes halogenated alkanes) is 32. The SMILES string of the molecule is CC/C=C\C/C=C\C/C=C\C/C=C\CCCCCCCCCCCCCCCCCCCCCCCCCCCCC(=O)NC(COP(=O)(O)OCC[N+](C)(C)C)C(O)/C=C/CC/C=C/CC/C=C/CCCCCC. The molecule has 3 N–H and O–H groups in total. The molecule has 3 atom stereocenters. The Kier molecular flexibility index (Phi) is 54.7. The number of phosphoric acid groups is 1. The summed E-state index contributed by atoms with van der Waals surface area (Å²) in [7, 11) is 1.55. The van der Waals surface area contributed by atoms with E-state index in [1.807, 2.05) is 27.2 Å². The minimum absolute atomic E-state index is 0.0526. The van der Waals surface area contributed by atoms with Crippen molar-refractivity contribution in [3.8, 4) is 0 Å². The summed E-state index contributed by atoms with van der Waals surface area (Å²) in [5.74, 6) is -0.189. The average Bonchev–Trinajstić information content (AvgIpc) is 3.37. The van der Waals surface area contributed by atoms with E-state index in [9.17, 15) is 19.4 Å². The van der Waals surface area contributed by atoms with Crippen LogP contribution in [0.5, 0.6) is 0 Å². The van der Waals surface area contributed by atoms with Crippen LogP contribution in [-0.4, -0.2) is 73.4 Å². The number of aliphatic hydroxyl groups excluding tert-OH is 1. The van der Waals surface area contributed by atoms with Gasteiger partial charge in [-0.15, -0.1) is 0 Å². The summed E-state index contributed by atoms with van der Waals surface area (Å²) in [5, 5.41) is 13.9. The molecule has 9 heteroatoms. The topological polar surface area (TPSA) is 105 Å². The van der Waals surface area contributed by atoms with E-state index in [1.165, 1.54) is 186 Å². The van der Waals surface area contributed by atoms with Crippen molar-refractivity contribution in [2.24, 2.45) is 0 Å². The van der Waals surface area contributed by atoms with E-state index in [0.717, 1.165) is 70.6 Å². The van der Waals surface area contributed by atoms with Gasteiger partial charge in [-0.1, -0.05) is 272 Å². The first-order valence-corrected chi connectivity index (χ1v) is 33.0. The van der Waals surface area contributed by atoms with Gasteiger partial charge >= 0.3 is 7.82 Å². The fraction of sp³-hybridized carbons (Fsp3) is 0.773. The summed E-state index contributed by atoms with van der Waals surface area (Å²) in [6.07, 6.45) is 80.2. The van der Waals surface area contributed by atoms with Crippen LogP contribution in [-0.2, 0) is 18.4 Å². The van der Waals surface area contributed by atoms with Gasteiger partial charge in [-0.05, 0) is 83.5 Å². The smallest absolute Gasteiger partial charge is 0.387 e. The predicted molar refractivity (Wildman–Crippen MR) is 327 cm³/mol. The van der Waals surface area contributed by atoms with Crippen LogP contribution in [0.25, 0.3) is 0 Å². The predicted octanol–water partition coefficient (Wildman–Crippen LogP) is 19.6. The molecule has 0 heterocycles. The number of allylic oxidation sites excluding steroid dienone is 13. The van der Waals surface area contributed by atoms with Crippen molar-refractivity contribution in [2.75, 3.05) is 40.9 Å². The lowest BCUT2D eigenvalue weighted by Crippen LogP contribution is -2.45. The lowest BCUT2D eigenvalue weighted by Gasteiger charge is -2.25. The number of aliphatic hydroxyl groups is 1. The monoisotopic (exact) mass is 1070 g/mol. The maximum atomic E-state index is 13.0. The third-order valence-electron chi connectivity index (χ3n) is 13.8. The molecule has 3 unspecified atom stereocenters. The molecule has 0 aromatic heterocycles. The third-order valence-corrected chi connectivity index (χ3v) is 14.8. The van der Waals surface area contributed by atoms with Gasteiger partial charge < -0.3 is 19.8 Å². The number of rotatable bonds is 57. The van der Waals surface area contributed by atoms with Crippen molar-refractivity contribution in [3.05, 3.63) is 85.1 Å². The molecule has 0 bridgehead atoms. The molecule has 0 spiro atoms. The molecule has 0 aromatic carbocycles. The van der Waals surface area contributed by atoms with E-state index in [1.54, 1.807) is 6.08 Å². The fourth-order valence-electron chi connectivity index (χ4n) is 8.95. The Morgan fingerprint density at radius 2 is 0.813 bits per heavy atom. The van der Waals surface area contributed by atoms with Gasteiger partial charge in [0.1, 0.15) is 13.2 Å². The van der Waals surface area contributed by atoms with Crippen LogP contribution < -0.4 is 5.32 Å². The summed E-state index contributed by atoms with van der Waals surface area (Å²) < 4.78 is 23.7. The number of likely N-dealkylation sites (N-methyl/N-ethyl adjacent to an activating group) is 1. The van der Waals surface area contributed by atoms with Gasteiger partial charge in [0, 0.05) is 6.42 Å². The first kappa shape index (κ1) is 72.7. The molecule has 1 amide bonds. The minimum atomic E-state index is -4.36. The molecule has 0 aromatic rings. The number of quaternary nitrogens is 1. The van der Waals surface area contributed by atoms with Gasteiger partial charge in [-0.3, -0.25) is 13.8 Å². The van der Waals surface area contributed by atoms with Crippen molar-refractivity contribution >= 4 is 13.7 Å².